The van der Waals surface area contributed by atoms with Crippen molar-refractivity contribution in [1.82, 2.24) is 14.9 Å². The number of carbonyl (C=O) groups excluding carboxylic acids is 1. The zero-order chi connectivity index (χ0) is 17.1. The summed E-state index contributed by atoms with van der Waals surface area (Å²) in [7, 11) is 0. The molecule has 126 valence electrons. The molecule has 1 amide bonds. The quantitative estimate of drug-likeness (QED) is 0.707. The largest absolute Gasteiger partial charge is 0.342 e. The van der Waals surface area contributed by atoms with E-state index in [4.69, 9.17) is 4.98 Å². The van der Waals surface area contributed by atoms with Gasteiger partial charge in [-0.05, 0) is 6.42 Å². The summed E-state index contributed by atoms with van der Waals surface area (Å²) >= 11 is 1.47. The van der Waals surface area contributed by atoms with Gasteiger partial charge in [0.05, 0.1) is 17.1 Å². The van der Waals surface area contributed by atoms with Crippen molar-refractivity contribution in [3.63, 3.8) is 0 Å². The van der Waals surface area contributed by atoms with Gasteiger partial charge in [0.15, 0.2) is 5.16 Å². The number of rotatable bonds is 5. The third kappa shape index (κ3) is 3.46. The normalized spacial score (nSPS) is 13.5. The zero-order valence-electron chi connectivity index (χ0n) is 13.8. The Kier molecular flexibility index (Phi) is 4.57. The third-order valence-corrected chi connectivity index (χ3v) is 5.19. The average molecular weight is 349 g/mol. The highest BCUT2D eigenvalue weighted by Crippen LogP contribution is 2.32. The number of aromatic amines is 1. The second-order valence-corrected chi connectivity index (χ2v) is 6.98. The Morgan fingerprint density at radius 3 is 2.24 bits per heavy atom. The van der Waals surface area contributed by atoms with Gasteiger partial charge in [0.25, 0.3) is 0 Å². The second kappa shape index (κ2) is 7.15. The number of aromatic nitrogens is 2. The standard InChI is InChI=1S/C20H19N3OS/c24-17(23-12-7-13-23)14-25-20-21-18(15-8-3-1-4-9-15)19(22-20)16-10-5-2-6-11-16/h1-6,8-11H,7,12-14H2,(H,21,22). The van der Waals surface area contributed by atoms with Crippen LogP contribution in [0.4, 0.5) is 0 Å². The number of thioether (sulfide) groups is 1. The van der Waals surface area contributed by atoms with Crippen LogP contribution >= 0.6 is 11.8 Å². The van der Waals surface area contributed by atoms with Gasteiger partial charge in [-0.1, -0.05) is 72.4 Å². The lowest BCUT2D eigenvalue weighted by Crippen LogP contribution is -2.43. The fourth-order valence-electron chi connectivity index (χ4n) is 2.83. The van der Waals surface area contributed by atoms with Crippen LogP contribution in [0.2, 0.25) is 0 Å². The van der Waals surface area contributed by atoms with Crippen LogP contribution in [-0.2, 0) is 4.79 Å². The van der Waals surface area contributed by atoms with Gasteiger partial charge in [-0.2, -0.15) is 0 Å². The van der Waals surface area contributed by atoms with Crippen molar-refractivity contribution in [1.29, 1.82) is 0 Å². The SMILES string of the molecule is O=C(CSc1nc(-c2ccccc2)c(-c2ccccc2)[nH]1)N1CCC1. The van der Waals surface area contributed by atoms with Gasteiger partial charge in [0, 0.05) is 24.2 Å². The molecule has 0 atom stereocenters. The minimum Gasteiger partial charge on any atom is -0.342 e. The van der Waals surface area contributed by atoms with Crippen LogP contribution < -0.4 is 0 Å². The Balaban J connectivity index is 1.62. The first-order valence-corrected chi connectivity index (χ1v) is 9.41. The van der Waals surface area contributed by atoms with Gasteiger partial charge in [-0.25, -0.2) is 4.98 Å². The van der Waals surface area contributed by atoms with Gasteiger partial charge in [0.2, 0.25) is 5.91 Å². The molecule has 1 aromatic heterocycles. The Morgan fingerprint density at radius 1 is 1.00 bits per heavy atom. The van der Waals surface area contributed by atoms with E-state index in [-0.39, 0.29) is 5.91 Å². The predicted octanol–water partition coefficient (Wildman–Crippen LogP) is 4.07. The molecule has 25 heavy (non-hydrogen) atoms. The number of H-pyrrole nitrogens is 1. The topological polar surface area (TPSA) is 49.0 Å². The van der Waals surface area contributed by atoms with Gasteiger partial charge >= 0.3 is 0 Å². The molecule has 2 heterocycles. The molecule has 1 fully saturated rings. The highest BCUT2D eigenvalue weighted by atomic mass is 32.2. The summed E-state index contributed by atoms with van der Waals surface area (Å²) in [6.45, 7) is 1.78. The number of hydrogen-bond donors (Lipinski definition) is 1. The van der Waals surface area contributed by atoms with Crippen LogP contribution in [0, 0.1) is 0 Å². The molecule has 0 saturated carbocycles. The molecule has 1 aliphatic heterocycles. The Hall–Kier alpha value is -2.53. The van der Waals surface area contributed by atoms with E-state index in [1.165, 1.54) is 11.8 Å². The number of nitrogens with zero attached hydrogens (tertiary/aromatic N) is 2. The van der Waals surface area contributed by atoms with Gasteiger partial charge < -0.3 is 9.88 Å². The number of amides is 1. The number of imidazole rings is 1. The summed E-state index contributed by atoms with van der Waals surface area (Å²) in [5, 5.41) is 0.784. The van der Waals surface area contributed by atoms with Crippen molar-refractivity contribution in [3.05, 3.63) is 60.7 Å². The van der Waals surface area contributed by atoms with E-state index < -0.39 is 0 Å². The van der Waals surface area contributed by atoms with Crippen LogP contribution in [-0.4, -0.2) is 39.6 Å². The molecule has 0 bridgehead atoms. The molecule has 0 aliphatic carbocycles. The van der Waals surface area contributed by atoms with E-state index in [0.29, 0.717) is 5.75 Å². The van der Waals surface area contributed by atoms with Crippen molar-refractivity contribution >= 4 is 17.7 Å². The van der Waals surface area contributed by atoms with Gasteiger partial charge in [-0.3, -0.25) is 4.79 Å². The fourth-order valence-corrected chi connectivity index (χ4v) is 3.60. The Labute approximate surface area is 151 Å². The Morgan fingerprint density at radius 2 is 1.64 bits per heavy atom. The second-order valence-electron chi connectivity index (χ2n) is 6.02. The summed E-state index contributed by atoms with van der Waals surface area (Å²) in [5.41, 5.74) is 4.07. The number of nitrogens with one attached hydrogen (secondary N) is 1. The first-order valence-electron chi connectivity index (χ1n) is 8.43. The first kappa shape index (κ1) is 16.0. The molecule has 3 aromatic rings. The van der Waals surface area contributed by atoms with Gasteiger partial charge in [-0.15, -0.1) is 0 Å². The minimum atomic E-state index is 0.190. The van der Waals surface area contributed by atoms with E-state index in [1.807, 2.05) is 41.3 Å². The first-order chi connectivity index (χ1) is 12.3. The Bertz CT molecular complexity index is 800. The maximum Gasteiger partial charge on any atom is 0.233 e. The summed E-state index contributed by atoms with van der Waals surface area (Å²) in [4.78, 5) is 22.2. The lowest BCUT2D eigenvalue weighted by Gasteiger charge is -2.30. The van der Waals surface area contributed by atoms with Crippen molar-refractivity contribution in [3.8, 4) is 22.5 Å². The molecule has 0 radical (unpaired) electrons. The van der Waals surface area contributed by atoms with E-state index in [0.717, 1.165) is 47.2 Å². The summed E-state index contributed by atoms with van der Waals surface area (Å²) in [6.07, 6.45) is 1.12. The molecule has 2 aromatic carbocycles. The number of benzene rings is 2. The lowest BCUT2D eigenvalue weighted by molar-refractivity contribution is -0.131. The van der Waals surface area contributed by atoms with Crippen LogP contribution in [0.15, 0.2) is 65.8 Å². The molecule has 1 saturated heterocycles. The number of hydrogen-bond acceptors (Lipinski definition) is 3. The molecule has 0 spiro atoms. The van der Waals surface area contributed by atoms with Crippen LogP contribution in [0.3, 0.4) is 0 Å². The molecular formula is C20H19N3OS. The molecule has 4 rings (SSSR count). The van der Waals surface area contributed by atoms with E-state index in [1.54, 1.807) is 0 Å². The van der Waals surface area contributed by atoms with Crippen molar-refractivity contribution in [2.24, 2.45) is 0 Å². The van der Waals surface area contributed by atoms with Crippen LogP contribution in [0.25, 0.3) is 22.5 Å². The molecule has 5 heteroatoms. The fraction of sp³-hybridized carbons (Fsp3) is 0.200. The van der Waals surface area contributed by atoms with Crippen molar-refractivity contribution in [2.75, 3.05) is 18.8 Å². The molecule has 1 aliphatic rings. The highest BCUT2D eigenvalue weighted by molar-refractivity contribution is 7.99. The van der Waals surface area contributed by atoms with Gasteiger partial charge in [0.1, 0.15) is 0 Å². The zero-order valence-corrected chi connectivity index (χ0v) is 14.6. The molecular weight excluding hydrogens is 330 g/mol. The minimum absolute atomic E-state index is 0.190. The number of carbonyl (C=O) groups is 1. The number of likely N-dealkylation sites (tertiary alicyclic amines) is 1. The average Bonchev–Trinajstić information content (AvgIpc) is 3.04. The van der Waals surface area contributed by atoms with E-state index in [9.17, 15) is 4.79 Å². The molecule has 0 unspecified atom stereocenters. The smallest absolute Gasteiger partial charge is 0.233 e. The maximum atomic E-state index is 12.1. The monoisotopic (exact) mass is 349 g/mol. The highest BCUT2D eigenvalue weighted by Gasteiger charge is 2.21. The molecule has 1 N–H and O–H groups in total. The van der Waals surface area contributed by atoms with Crippen LogP contribution in [0.1, 0.15) is 6.42 Å². The lowest BCUT2D eigenvalue weighted by atomic mass is 10.1. The summed E-state index contributed by atoms with van der Waals surface area (Å²) in [5.74, 6) is 0.617. The van der Waals surface area contributed by atoms with E-state index in [2.05, 4.69) is 29.2 Å². The van der Waals surface area contributed by atoms with Crippen molar-refractivity contribution in [2.45, 2.75) is 11.6 Å². The predicted molar refractivity (Wildman–Crippen MR) is 101 cm³/mol. The van der Waals surface area contributed by atoms with Crippen molar-refractivity contribution < 1.29 is 4.79 Å². The van der Waals surface area contributed by atoms with E-state index >= 15 is 0 Å². The third-order valence-electron chi connectivity index (χ3n) is 4.33. The summed E-state index contributed by atoms with van der Waals surface area (Å²) in [6, 6.07) is 20.3. The molecule has 4 nitrogen and oxygen atoms in total. The maximum absolute atomic E-state index is 12.1. The van der Waals surface area contributed by atoms with Crippen LogP contribution in [0.5, 0.6) is 0 Å². The summed E-state index contributed by atoms with van der Waals surface area (Å²) < 4.78 is 0.